The van der Waals surface area contributed by atoms with E-state index in [1.54, 1.807) is 7.11 Å². The number of aromatic nitrogens is 2. The van der Waals surface area contributed by atoms with Gasteiger partial charge >= 0.3 is 0 Å². The van der Waals surface area contributed by atoms with Crippen molar-refractivity contribution in [1.29, 1.82) is 0 Å². The number of amides is 1. The molecule has 2 aliphatic heterocycles. The second-order valence-electron chi connectivity index (χ2n) is 9.89. The monoisotopic (exact) mass is 581 g/mol. The largest absolute Gasteiger partial charge is 0.493 e. The number of carbonyl (C=O) groups is 1. The zero-order valence-electron chi connectivity index (χ0n) is 23.2. The molecular formula is C29H36ClN7O4. The first-order valence-electron chi connectivity index (χ1n) is 13.8. The number of rotatable bonds is 4. The van der Waals surface area contributed by atoms with Crippen LogP contribution in [0.1, 0.15) is 12.0 Å². The highest BCUT2D eigenvalue weighted by atomic mass is 35.5. The van der Waals surface area contributed by atoms with Crippen molar-refractivity contribution in [1.82, 2.24) is 25.1 Å². The van der Waals surface area contributed by atoms with Crippen LogP contribution in [0, 0.1) is 0 Å². The molecular weight excluding hydrogens is 546 g/mol. The van der Waals surface area contributed by atoms with Crippen molar-refractivity contribution in [3.05, 3.63) is 59.4 Å². The maximum atomic E-state index is 12.7. The molecule has 3 heterocycles. The molecule has 1 fully saturated rings. The number of methoxy groups -OCH3 is 1. The van der Waals surface area contributed by atoms with Crippen molar-refractivity contribution < 1.29 is 19.0 Å². The molecule has 11 nitrogen and oxygen atoms in total. The van der Waals surface area contributed by atoms with Gasteiger partial charge in [0, 0.05) is 74.2 Å². The molecule has 6 bridgehead atoms. The Labute approximate surface area is 245 Å². The molecule has 0 aliphatic carbocycles. The number of fused-ring (bicyclic) bond motifs is 6. The van der Waals surface area contributed by atoms with E-state index in [1.807, 2.05) is 42.5 Å². The van der Waals surface area contributed by atoms with E-state index in [2.05, 4.69) is 35.7 Å². The third kappa shape index (κ3) is 8.43. The number of nitrogens with one attached hydrogen (secondary N) is 3. The second-order valence-corrected chi connectivity index (χ2v) is 10.3. The number of hydrogen-bond acceptors (Lipinski definition) is 10. The van der Waals surface area contributed by atoms with Crippen LogP contribution in [0.3, 0.4) is 0 Å². The molecule has 3 N–H and O–H groups in total. The lowest BCUT2D eigenvalue weighted by Crippen LogP contribution is -2.42. The molecule has 218 valence electrons. The minimum absolute atomic E-state index is 0.0288. The summed E-state index contributed by atoms with van der Waals surface area (Å²) >= 11 is 6.65. The third-order valence-electron chi connectivity index (χ3n) is 6.99. The van der Waals surface area contributed by atoms with Crippen LogP contribution < -0.4 is 25.4 Å². The summed E-state index contributed by atoms with van der Waals surface area (Å²) in [7, 11) is 1.59. The topological polar surface area (TPSA) is 113 Å². The van der Waals surface area contributed by atoms with E-state index in [0.717, 1.165) is 56.3 Å². The zero-order valence-corrected chi connectivity index (χ0v) is 24.0. The average Bonchev–Trinajstić information content (AvgIpc) is 2.99. The summed E-state index contributed by atoms with van der Waals surface area (Å²) in [6.45, 7) is 6.92. The summed E-state index contributed by atoms with van der Waals surface area (Å²) in [6.07, 6.45) is 1.87. The van der Waals surface area contributed by atoms with E-state index < -0.39 is 0 Å². The van der Waals surface area contributed by atoms with Gasteiger partial charge in [0.15, 0.2) is 11.5 Å². The molecule has 1 amide bonds. The third-order valence-corrected chi connectivity index (χ3v) is 7.36. The minimum Gasteiger partial charge on any atom is -0.493 e. The summed E-state index contributed by atoms with van der Waals surface area (Å²) in [5.41, 5.74) is 2.60. The van der Waals surface area contributed by atoms with Gasteiger partial charge in [0.05, 0.1) is 26.9 Å². The Bertz CT molecular complexity index is 1320. The van der Waals surface area contributed by atoms with Gasteiger partial charge in [0.1, 0.15) is 24.6 Å². The predicted molar refractivity (Wildman–Crippen MR) is 159 cm³/mol. The SMILES string of the molecule is COc1ccc2cc1OCCNC(=O)CCN(CCN1CCOCC1)Cc1cc(ccc1Cl)Nc1cc(ncn1)N2. The van der Waals surface area contributed by atoms with Gasteiger partial charge in [-0.15, -0.1) is 0 Å². The van der Waals surface area contributed by atoms with Crippen molar-refractivity contribution >= 4 is 40.5 Å². The molecule has 0 radical (unpaired) electrons. The van der Waals surface area contributed by atoms with Crippen LogP contribution in [0.25, 0.3) is 0 Å². The van der Waals surface area contributed by atoms with Crippen molar-refractivity contribution in [2.24, 2.45) is 0 Å². The highest BCUT2D eigenvalue weighted by Gasteiger charge is 2.16. The number of carbonyl (C=O) groups excluding carboxylic acids is 1. The lowest BCUT2D eigenvalue weighted by molar-refractivity contribution is -0.121. The Morgan fingerprint density at radius 3 is 2.44 bits per heavy atom. The fourth-order valence-corrected chi connectivity index (χ4v) is 4.93. The molecule has 12 heteroatoms. The van der Waals surface area contributed by atoms with Crippen LogP contribution in [0.4, 0.5) is 23.0 Å². The number of nitrogens with zero attached hydrogens (tertiary/aromatic N) is 4. The number of anilines is 4. The number of morpholine rings is 1. The highest BCUT2D eigenvalue weighted by molar-refractivity contribution is 6.31. The molecule has 3 aromatic rings. The molecule has 1 saturated heterocycles. The molecule has 1 aromatic heterocycles. The van der Waals surface area contributed by atoms with Crippen LogP contribution >= 0.6 is 11.6 Å². The number of halogens is 1. The number of hydrogen-bond donors (Lipinski definition) is 3. The van der Waals surface area contributed by atoms with Crippen molar-refractivity contribution in [2.75, 3.05) is 76.8 Å². The first-order valence-corrected chi connectivity index (χ1v) is 14.2. The minimum atomic E-state index is -0.0288. The lowest BCUT2D eigenvalue weighted by Gasteiger charge is -2.30. The van der Waals surface area contributed by atoms with Crippen LogP contribution in [-0.4, -0.2) is 91.9 Å². The van der Waals surface area contributed by atoms with Crippen LogP contribution in [0.15, 0.2) is 48.8 Å². The van der Waals surface area contributed by atoms with Gasteiger partial charge in [-0.2, -0.15) is 0 Å². The van der Waals surface area contributed by atoms with E-state index in [1.165, 1.54) is 6.33 Å². The number of benzene rings is 2. The van der Waals surface area contributed by atoms with Gasteiger partial charge in [-0.25, -0.2) is 9.97 Å². The molecule has 0 saturated carbocycles. The van der Waals surface area contributed by atoms with Gasteiger partial charge in [-0.3, -0.25) is 14.6 Å². The predicted octanol–water partition coefficient (Wildman–Crippen LogP) is 3.66. The van der Waals surface area contributed by atoms with Gasteiger partial charge in [0.25, 0.3) is 0 Å². The van der Waals surface area contributed by atoms with Crippen LogP contribution in [0.2, 0.25) is 5.02 Å². The molecule has 2 aliphatic rings. The van der Waals surface area contributed by atoms with Crippen molar-refractivity contribution in [2.45, 2.75) is 13.0 Å². The Kier molecular flexibility index (Phi) is 10.1. The standard InChI is InChI=1S/C29H36ClN7O4/c1-39-25-5-3-23-17-26(25)41-13-7-31-29(38)6-8-37(10-9-36-11-14-40-15-12-36)19-21-16-22(2-4-24(21)30)34-27-18-28(35-23)33-20-32-27/h2-5,16-18,20H,6-15,19H2,1H3,(H,31,38)(H2,32,33,34,35). The Morgan fingerprint density at radius 2 is 1.66 bits per heavy atom. The summed E-state index contributed by atoms with van der Waals surface area (Å²) in [5.74, 6) is 2.39. The smallest absolute Gasteiger partial charge is 0.221 e. The molecule has 0 spiro atoms. The van der Waals surface area contributed by atoms with E-state index in [0.29, 0.717) is 60.8 Å². The summed E-state index contributed by atoms with van der Waals surface area (Å²) in [6, 6.07) is 13.2. The van der Waals surface area contributed by atoms with E-state index in [-0.39, 0.29) is 5.91 Å². The summed E-state index contributed by atoms with van der Waals surface area (Å²) in [5, 5.41) is 10.3. The maximum Gasteiger partial charge on any atom is 0.221 e. The quantitative estimate of drug-likeness (QED) is 0.422. The van der Waals surface area contributed by atoms with Crippen LogP contribution in [0.5, 0.6) is 11.5 Å². The molecule has 0 unspecified atom stereocenters. The molecule has 41 heavy (non-hydrogen) atoms. The van der Waals surface area contributed by atoms with Crippen molar-refractivity contribution in [3.8, 4) is 11.5 Å². The Hall–Kier alpha value is -3.64. The Morgan fingerprint density at radius 1 is 0.927 bits per heavy atom. The molecule has 0 atom stereocenters. The summed E-state index contributed by atoms with van der Waals surface area (Å²) < 4.78 is 16.9. The fourth-order valence-electron chi connectivity index (χ4n) is 4.75. The van der Waals surface area contributed by atoms with E-state index in [9.17, 15) is 4.79 Å². The van der Waals surface area contributed by atoms with Gasteiger partial charge in [0.2, 0.25) is 5.91 Å². The summed E-state index contributed by atoms with van der Waals surface area (Å²) in [4.78, 5) is 26.2. The van der Waals surface area contributed by atoms with Gasteiger partial charge < -0.3 is 30.2 Å². The van der Waals surface area contributed by atoms with Crippen LogP contribution in [-0.2, 0) is 16.1 Å². The zero-order chi connectivity index (χ0) is 28.4. The Balaban J connectivity index is 1.38. The molecule has 2 aromatic carbocycles. The lowest BCUT2D eigenvalue weighted by atomic mass is 10.1. The average molecular weight is 582 g/mol. The van der Waals surface area contributed by atoms with E-state index in [4.69, 9.17) is 25.8 Å². The van der Waals surface area contributed by atoms with E-state index >= 15 is 0 Å². The number of ether oxygens (including phenoxy) is 3. The van der Waals surface area contributed by atoms with Gasteiger partial charge in [-0.1, -0.05) is 11.6 Å². The normalized spacial score (nSPS) is 17.4. The van der Waals surface area contributed by atoms with Crippen molar-refractivity contribution in [3.63, 3.8) is 0 Å². The van der Waals surface area contributed by atoms with Gasteiger partial charge in [-0.05, 0) is 35.9 Å². The molecule has 5 rings (SSSR count). The fraction of sp³-hybridized carbons (Fsp3) is 0.414. The first-order chi connectivity index (χ1) is 20.1. The second kappa shape index (κ2) is 14.3. The highest BCUT2D eigenvalue weighted by Crippen LogP contribution is 2.32. The first kappa shape index (κ1) is 28.9. The maximum absolute atomic E-state index is 12.7.